The van der Waals surface area contributed by atoms with E-state index in [2.05, 4.69) is 21.0 Å². The average molecular weight is 339 g/mol. The highest BCUT2D eigenvalue weighted by atomic mass is 79.9. The summed E-state index contributed by atoms with van der Waals surface area (Å²) in [4.78, 5) is 0. The van der Waals surface area contributed by atoms with Crippen LogP contribution in [0.2, 0.25) is 0 Å². The lowest BCUT2D eigenvalue weighted by atomic mass is 10.0. The molecule has 3 rings (SSSR count). The summed E-state index contributed by atoms with van der Waals surface area (Å²) in [5.74, 6) is 1.37. The molecule has 0 saturated heterocycles. The largest absolute Gasteiger partial charge is 0.486 e. The van der Waals surface area contributed by atoms with Gasteiger partial charge in [0.1, 0.15) is 13.2 Å². The summed E-state index contributed by atoms with van der Waals surface area (Å²) in [6, 6.07) is 5.59. The maximum atomic E-state index is 10.3. The SMILES string of the molecule is Cn1ccc(CC(O)c2cc(Br)c3c(c2)OCCO3)n1. The molecule has 1 aliphatic rings. The van der Waals surface area contributed by atoms with Gasteiger partial charge in [0.15, 0.2) is 11.5 Å². The highest BCUT2D eigenvalue weighted by Crippen LogP contribution is 2.40. The fraction of sp³-hybridized carbons (Fsp3) is 0.357. The Labute approximate surface area is 125 Å². The molecule has 1 aromatic carbocycles. The van der Waals surface area contributed by atoms with Crippen LogP contribution in [0.5, 0.6) is 11.5 Å². The first-order valence-electron chi connectivity index (χ1n) is 6.39. The minimum atomic E-state index is -0.628. The summed E-state index contributed by atoms with van der Waals surface area (Å²) in [6.07, 6.45) is 1.70. The molecule has 1 atom stereocenters. The van der Waals surface area contributed by atoms with E-state index in [1.54, 1.807) is 4.68 Å². The Balaban J connectivity index is 1.84. The average Bonchev–Trinajstić information content (AvgIpc) is 2.84. The van der Waals surface area contributed by atoms with E-state index in [0.717, 1.165) is 15.7 Å². The summed E-state index contributed by atoms with van der Waals surface area (Å²) in [6.45, 7) is 1.07. The molecule has 2 aromatic rings. The molecule has 106 valence electrons. The first kappa shape index (κ1) is 13.5. The first-order chi connectivity index (χ1) is 9.63. The van der Waals surface area contributed by atoms with Crippen LogP contribution in [0, 0.1) is 0 Å². The van der Waals surface area contributed by atoms with Crippen molar-refractivity contribution in [3.63, 3.8) is 0 Å². The number of aromatic nitrogens is 2. The van der Waals surface area contributed by atoms with Crippen molar-refractivity contribution in [1.29, 1.82) is 0 Å². The van der Waals surface area contributed by atoms with Gasteiger partial charge in [-0.1, -0.05) is 0 Å². The third-order valence-corrected chi connectivity index (χ3v) is 3.76. The summed E-state index contributed by atoms with van der Waals surface area (Å²) in [5, 5.41) is 14.6. The van der Waals surface area contributed by atoms with Gasteiger partial charge in [0.2, 0.25) is 0 Å². The number of benzene rings is 1. The van der Waals surface area contributed by atoms with Crippen molar-refractivity contribution in [1.82, 2.24) is 9.78 Å². The van der Waals surface area contributed by atoms with E-state index in [9.17, 15) is 5.11 Å². The molecule has 2 heterocycles. The minimum Gasteiger partial charge on any atom is -0.486 e. The van der Waals surface area contributed by atoms with E-state index in [1.165, 1.54) is 0 Å². The fourth-order valence-electron chi connectivity index (χ4n) is 2.21. The van der Waals surface area contributed by atoms with E-state index >= 15 is 0 Å². The Morgan fingerprint density at radius 3 is 2.95 bits per heavy atom. The zero-order valence-corrected chi connectivity index (χ0v) is 12.6. The lowest BCUT2D eigenvalue weighted by Gasteiger charge is -2.21. The molecule has 0 saturated carbocycles. The Morgan fingerprint density at radius 2 is 2.20 bits per heavy atom. The number of fused-ring (bicyclic) bond motifs is 1. The van der Waals surface area contributed by atoms with Crippen LogP contribution in [0.4, 0.5) is 0 Å². The number of ether oxygens (including phenoxy) is 2. The van der Waals surface area contributed by atoms with Gasteiger partial charge in [-0.3, -0.25) is 4.68 Å². The van der Waals surface area contributed by atoms with Gasteiger partial charge in [-0.05, 0) is 39.7 Å². The maximum Gasteiger partial charge on any atom is 0.175 e. The van der Waals surface area contributed by atoms with Crippen LogP contribution < -0.4 is 9.47 Å². The number of hydrogen-bond donors (Lipinski definition) is 1. The lowest BCUT2D eigenvalue weighted by molar-refractivity contribution is 0.163. The van der Waals surface area contributed by atoms with E-state index in [1.807, 2.05) is 31.4 Å². The van der Waals surface area contributed by atoms with E-state index in [4.69, 9.17) is 9.47 Å². The predicted molar refractivity (Wildman–Crippen MR) is 77.0 cm³/mol. The summed E-state index contributed by atoms with van der Waals surface area (Å²) in [7, 11) is 1.86. The fourth-order valence-corrected chi connectivity index (χ4v) is 2.79. The smallest absolute Gasteiger partial charge is 0.175 e. The van der Waals surface area contributed by atoms with E-state index in [0.29, 0.717) is 31.1 Å². The molecule has 0 amide bonds. The maximum absolute atomic E-state index is 10.3. The molecule has 1 aromatic heterocycles. The van der Waals surface area contributed by atoms with Crippen molar-refractivity contribution in [2.45, 2.75) is 12.5 Å². The van der Waals surface area contributed by atoms with Crippen LogP contribution in [-0.4, -0.2) is 28.1 Å². The van der Waals surface area contributed by atoms with Gasteiger partial charge in [0.05, 0.1) is 16.3 Å². The number of rotatable bonds is 3. The van der Waals surface area contributed by atoms with Crippen molar-refractivity contribution in [3.05, 3.63) is 40.1 Å². The van der Waals surface area contributed by atoms with Crippen LogP contribution in [0.3, 0.4) is 0 Å². The second-order valence-corrected chi connectivity index (χ2v) is 5.58. The van der Waals surface area contributed by atoms with Gasteiger partial charge >= 0.3 is 0 Å². The molecule has 0 fully saturated rings. The van der Waals surface area contributed by atoms with E-state index < -0.39 is 6.10 Å². The summed E-state index contributed by atoms with van der Waals surface area (Å²) in [5.41, 5.74) is 1.64. The zero-order valence-electron chi connectivity index (χ0n) is 11.0. The summed E-state index contributed by atoms with van der Waals surface area (Å²) >= 11 is 3.45. The van der Waals surface area contributed by atoms with Gasteiger partial charge in [0.25, 0.3) is 0 Å². The van der Waals surface area contributed by atoms with Gasteiger partial charge < -0.3 is 14.6 Å². The van der Waals surface area contributed by atoms with Crippen LogP contribution in [-0.2, 0) is 13.5 Å². The number of nitrogens with zero attached hydrogens (tertiary/aromatic N) is 2. The van der Waals surface area contributed by atoms with Gasteiger partial charge in [-0.25, -0.2) is 0 Å². The number of aliphatic hydroxyl groups excluding tert-OH is 1. The minimum absolute atomic E-state index is 0.465. The second kappa shape index (κ2) is 5.46. The monoisotopic (exact) mass is 338 g/mol. The van der Waals surface area contributed by atoms with Gasteiger partial charge in [-0.2, -0.15) is 5.10 Å². The topological polar surface area (TPSA) is 56.5 Å². The Morgan fingerprint density at radius 1 is 1.40 bits per heavy atom. The molecule has 1 aliphatic heterocycles. The molecule has 1 N–H and O–H groups in total. The Hall–Kier alpha value is -1.53. The standard InChI is InChI=1S/C14H15BrN2O3/c1-17-3-2-10(16-17)8-12(18)9-6-11(15)14-13(7-9)19-4-5-20-14/h2-3,6-7,12,18H,4-5,8H2,1H3. The molecule has 5 nitrogen and oxygen atoms in total. The second-order valence-electron chi connectivity index (χ2n) is 4.73. The van der Waals surface area contributed by atoms with Crippen LogP contribution >= 0.6 is 15.9 Å². The van der Waals surface area contributed by atoms with E-state index in [-0.39, 0.29) is 0 Å². The van der Waals surface area contributed by atoms with Crippen LogP contribution in [0.15, 0.2) is 28.9 Å². The van der Waals surface area contributed by atoms with Crippen molar-refractivity contribution in [3.8, 4) is 11.5 Å². The number of hydrogen-bond acceptors (Lipinski definition) is 4. The van der Waals surface area contributed by atoms with Crippen LogP contribution in [0.1, 0.15) is 17.4 Å². The highest BCUT2D eigenvalue weighted by Gasteiger charge is 2.19. The molecule has 0 bridgehead atoms. The molecule has 0 spiro atoms. The third kappa shape index (κ3) is 2.66. The van der Waals surface area contributed by atoms with Crippen molar-refractivity contribution in [2.75, 3.05) is 13.2 Å². The lowest BCUT2D eigenvalue weighted by Crippen LogP contribution is -2.16. The van der Waals surface area contributed by atoms with Crippen LogP contribution in [0.25, 0.3) is 0 Å². The molecule has 20 heavy (non-hydrogen) atoms. The molecule has 6 heteroatoms. The molecule has 0 radical (unpaired) electrons. The Kier molecular flexibility index (Phi) is 3.67. The number of aryl methyl sites for hydroxylation is 1. The number of aliphatic hydroxyl groups is 1. The first-order valence-corrected chi connectivity index (χ1v) is 7.18. The zero-order chi connectivity index (χ0) is 14.1. The number of halogens is 1. The third-order valence-electron chi connectivity index (χ3n) is 3.18. The van der Waals surface area contributed by atoms with Crippen molar-refractivity contribution in [2.24, 2.45) is 7.05 Å². The normalized spacial score (nSPS) is 15.2. The molecule has 1 unspecified atom stereocenters. The molecular weight excluding hydrogens is 324 g/mol. The van der Waals surface area contributed by atoms with Gasteiger partial charge in [-0.15, -0.1) is 0 Å². The highest BCUT2D eigenvalue weighted by molar-refractivity contribution is 9.10. The molecular formula is C14H15BrN2O3. The predicted octanol–water partition coefficient (Wildman–Crippen LogP) is 2.23. The quantitative estimate of drug-likeness (QED) is 0.932. The van der Waals surface area contributed by atoms with Crippen molar-refractivity contribution < 1.29 is 14.6 Å². The Bertz CT molecular complexity index is 627. The molecule has 0 aliphatic carbocycles. The van der Waals surface area contributed by atoms with Gasteiger partial charge in [0, 0.05) is 19.7 Å². The van der Waals surface area contributed by atoms with Crippen molar-refractivity contribution >= 4 is 15.9 Å². The summed E-state index contributed by atoms with van der Waals surface area (Å²) < 4.78 is 13.6.